The van der Waals surface area contributed by atoms with Crippen molar-refractivity contribution in [1.29, 1.82) is 0 Å². The number of hydrogen-bond acceptors (Lipinski definition) is 3. The number of imide groups is 1. The summed E-state index contributed by atoms with van der Waals surface area (Å²) in [5.41, 5.74) is 3.44. The van der Waals surface area contributed by atoms with E-state index < -0.39 is 0 Å². The lowest BCUT2D eigenvalue weighted by atomic mass is 9.85. The van der Waals surface area contributed by atoms with Gasteiger partial charge in [-0.2, -0.15) is 5.10 Å². The monoisotopic (exact) mass is 397 g/mol. The number of aryl methyl sites for hydroxylation is 1. The predicted molar refractivity (Wildman–Crippen MR) is 115 cm³/mol. The third-order valence-electron chi connectivity index (χ3n) is 7.24. The fourth-order valence-corrected chi connectivity index (χ4v) is 5.88. The van der Waals surface area contributed by atoms with Gasteiger partial charge in [0, 0.05) is 0 Å². The molecule has 30 heavy (non-hydrogen) atoms. The van der Waals surface area contributed by atoms with Crippen LogP contribution in [0.1, 0.15) is 23.4 Å². The number of carbonyl (C=O) groups is 2. The predicted octanol–water partition coefficient (Wildman–Crippen LogP) is 4.01. The smallest absolute Gasteiger partial charge is 0.238 e. The van der Waals surface area contributed by atoms with Crippen LogP contribution in [0.15, 0.2) is 54.6 Å². The number of anilines is 1. The second-order valence-corrected chi connectivity index (χ2v) is 8.83. The first-order chi connectivity index (χ1) is 14.5. The van der Waals surface area contributed by atoms with Gasteiger partial charge in [-0.3, -0.25) is 14.3 Å². The van der Waals surface area contributed by atoms with Gasteiger partial charge in [0.25, 0.3) is 0 Å². The summed E-state index contributed by atoms with van der Waals surface area (Å²) in [6, 6.07) is 14.6. The lowest BCUT2D eigenvalue weighted by Crippen LogP contribution is -2.33. The number of rotatable bonds is 3. The van der Waals surface area contributed by atoms with E-state index in [4.69, 9.17) is 5.10 Å². The van der Waals surface area contributed by atoms with E-state index in [0.717, 1.165) is 17.8 Å². The molecule has 2 heterocycles. The second kappa shape index (κ2) is 6.14. The van der Waals surface area contributed by atoms with Gasteiger partial charge in [0.2, 0.25) is 11.8 Å². The maximum absolute atomic E-state index is 13.3. The van der Waals surface area contributed by atoms with Crippen molar-refractivity contribution in [1.82, 2.24) is 9.78 Å². The molecule has 0 N–H and O–H groups in total. The van der Waals surface area contributed by atoms with E-state index in [1.807, 2.05) is 30.7 Å². The van der Waals surface area contributed by atoms with Gasteiger partial charge in [-0.1, -0.05) is 54.6 Å². The highest BCUT2D eigenvalue weighted by atomic mass is 16.2. The van der Waals surface area contributed by atoms with Crippen LogP contribution in [0, 0.1) is 37.5 Å². The molecule has 6 rings (SSSR count). The van der Waals surface area contributed by atoms with E-state index >= 15 is 0 Å². The van der Waals surface area contributed by atoms with E-state index in [0.29, 0.717) is 12.2 Å². The zero-order chi connectivity index (χ0) is 20.6. The van der Waals surface area contributed by atoms with Crippen molar-refractivity contribution in [2.24, 2.45) is 23.7 Å². The Balaban J connectivity index is 1.39. The SMILES string of the molecule is Cc1nn(Cc2cccc3ccccc23)c(C)c1N1C(=O)[C@@H]2[C@@H](C1=O)[C@H]1C=C[C@H]2C1. The van der Waals surface area contributed by atoms with Crippen molar-refractivity contribution in [3.63, 3.8) is 0 Å². The molecule has 1 aliphatic heterocycles. The average molecular weight is 397 g/mol. The summed E-state index contributed by atoms with van der Waals surface area (Å²) in [5, 5.41) is 7.11. The van der Waals surface area contributed by atoms with Gasteiger partial charge in [-0.25, -0.2) is 4.90 Å². The molecule has 1 saturated heterocycles. The molecule has 2 bridgehead atoms. The molecule has 1 saturated carbocycles. The number of carbonyl (C=O) groups excluding carboxylic acids is 2. The molecule has 2 fully saturated rings. The minimum atomic E-state index is -0.187. The first kappa shape index (κ1) is 17.6. The summed E-state index contributed by atoms with van der Waals surface area (Å²) >= 11 is 0. The van der Waals surface area contributed by atoms with Gasteiger partial charge in [0.05, 0.1) is 35.5 Å². The molecule has 0 unspecified atom stereocenters. The Morgan fingerprint density at radius 1 is 0.933 bits per heavy atom. The summed E-state index contributed by atoms with van der Waals surface area (Å²) in [5.74, 6) is -0.0310. The van der Waals surface area contributed by atoms with Crippen molar-refractivity contribution in [2.75, 3.05) is 4.90 Å². The molecule has 4 atom stereocenters. The third-order valence-corrected chi connectivity index (χ3v) is 7.24. The normalized spacial score (nSPS) is 26.9. The van der Waals surface area contributed by atoms with E-state index in [1.165, 1.54) is 21.2 Å². The molecular formula is C25H23N3O2. The summed E-state index contributed by atoms with van der Waals surface area (Å²) < 4.78 is 1.92. The highest BCUT2D eigenvalue weighted by Gasteiger charge is 2.60. The zero-order valence-corrected chi connectivity index (χ0v) is 17.1. The highest BCUT2D eigenvalue weighted by molar-refractivity contribution is 6.23. The van der Waals surface area contributed by atoms with Crippen molar-refractivity contribution < 1.29 is 9.59 Å². The van der Waals surface area contributed by atoms with Crippen LogP contribution >= 0.6 is 0 Å². The molecule has 1 aromatic heterocycles. The number of allylic oxidation sites excluding steroid dienone is 2. The standard InChI is InChI=1S/C25H23N3O2/c1-14-23(28-24(29)21-17-10-11-18(12-17)22(21)25(28)30)15(2)27(26-14)13-19-8-5-7-16-6-3-4-9-20(16)19/h3-11,17-18,21-22H,12-13H2,1-2H3/t17-,18-,21-,22-/m0/s1. The van der Waals surface area contributed by atoms with Gasteiger partial charge in [0.15, 0.2) is 0 Å². The number of hydrogen-bond donors (Lipinski definition) is 0. The van der Waals surface area contributed by atoms with Gasteiger partial charge < -0.3 is 0 Å². The van der Waals surface area contributed by atoms with Gasteiger partial charge in [0.1, 0.15) is 0 Å². The van der Waals surface area contributed by atoms with Crippen LogP contribution in [0.3, 0.4) is 0 Å². The van der Waals surface area contributed by atoms with Crippen LogP contribution < -0.4 is 4.90 Å². The molecular weight excluding hydrogens is 374 g/mol. The lowest BCUT2D eigenvalue weighted by Gasteiger charge is -2.18. The number of fused-ring (bicyclic) bond motifs is 6. The minimum Gasteiger partial charge on any atom is -0.274 e. The van der Waals surface area contributed by atoms with Gasteiger partial charge in [-0.15, -0.1) is 0 Å². The molecule has 2 aliphatic carbocycles. The molecule has 0 spiro atoms. The fourth-order valence-electron chi connectivity index (χ4n) is 5.88. The molecule has 3 aliphatic rings. The largest absolute Gasteiger partial charge is 0.274 e. The number of benzene rings is 2. The quantitative estimate of drug-likeness (QED) is 0.496. The zero-order valence-electron chi connectivity index (χ0n) is 17.1. The van der Waals surface area contributed by atoms with Crippen molar-refractivity contribution in [3.05, 3.63) is 71.6 Å². The topological polar surface area (TPSA) is 55.2 Å². The molecule has 150 valence electrons. The van der Waals surface area contributed by atoms with Gasteiger partial charge >= 0.3 is 0 Å². The Kier molecular flexibility index (Phi) is 3.61. The first-order valence-electron chi connectivity index (χ1n) is 10.6. The van der Waals surface area contributed by atoms with Crippen molar-refractivity contribution >= 4 is 28.3 Å². The Labute approximate surface area is 175 Å². The maximum atomic E-state index is 13.3. The summed E-state index contributed by atoms with van der Waals surface area (Å²) in [6.07, 6.45) is 5.20. The van der Waals surface area contributed by atoms with Crippen molar-refractivity contribution in [2.45, 2.75) is 26.8 Å². The van der Waals surface area contributed by atoms with Crippen LogP contribution in [0.5, 0.6) is 0 Å². The van der Waals surface area contributed by atoms with E-state index in [1.54, 1.807) is 0 Å². The fraction of sp³-hybridized carbons (Fsp3) is 0.320. The maximum Gasteiger partial charge on any atom is 0.238 e. The molecule has 3 aromatic rings. The van der Waals surface area contributed by atoms with Crippen molar-refractivity contribution in [3.8, 4) is 0 Å². The minimum absolute atomic E-state index is 0.0437. The molecule has 5 nitrogen and oxygen atoms in total. The van der Waals surface area contributed by atoms with E-state index in [-0.39, 0.29) is 35.5 Å². The first-order valence-corrected chi connectivity index (χ1v) is 10.6. The number of aromatic nitrogens is 2. The summed E-state index contributed by atoms with van der Waals surface area (Å²) in [6.45, 7) is 4.45. The number of amides is 2. The Morgan fingerprint density at radius 3 is 2.33 bits per heavy atom. The molecule has 5 heteroatoms. The van der Waals surface area contributed by atoms with E-state index in [9.17, 15) is 9.59 Å². The third kappa shape index (κ3) is 2.26. The number of nitrogens with zero attached hydrogens (tertiary/aromatic N) is 3. The van der Waals surface area contributed by atoms with Crippen LogP contribution in [-0.2, 0) is 16.1 Å². The highest BCUT2D eigenvalue weighted by Crippen LogP contribution is 2.53. The summed E-state index contributed by atoms with van der Waals surface area (Å²) in [7, 11) is 0. The average Bonchev–Trinajstić information content (AvgIpc) is 3.48. The Morgan fingerprint density at radius 2 is 1.60 bits per heavy atom. The van der Waals surface area contributed by atoms with Crippen LogP contribution in [0.4, 0.5) is 5.69 Å². The molecule has 0 radical (unpaired) electrons. The van der Waals surface area contributed by atoms with Crippen LogP contribution in [0.2, 0.25) is 0 Å². The lowest BCUT2D eigenvalue weighted by molar-refractivity contribution is -0.123. The molecule has 2 amide bonds. The van der Waals surface area contributed by atoms with E-state index in [2.05, 4.69) is 42.5 Å². The second-order valence-electron chi connectivity index (χ2n) is 8.83. The van der Waals surface area contributed by atoms with Crippen LogP contribution in [0.25, 0.3) is 10.8 Å². The Hall–Kier alpha value is -3.21. The molecule has 2 aromatic carbocycles. The Bertz CT molecular complexity index is 1220. The van der Waals surface area contributed by atoms with Gasteiger partial charge in [-0.05, 0) is 48.4 Å². The van der Waals surface area contributed by atoms with Crippen LogP contribution in [-0.4, -0.2) is 21.6 Å². The summed E-state index contributed by atoms with van der Waals surface area (Å²) in [4.78, 5) is 28.0.